The summed E-state index contributed by atoms with van der Waals surface area (Å²) in [6.45, 7) is 0.631. The normalized spacial score (nSPS) is 14.9. The summed E-state index contributed by atoms with van der Waals surface area (Å²) in [6.07, 6.45) is -5.78. The Labute approximate surface area is 230 Å². The number of para-hydroxylation sites is 1. The summed E-state index contributed by atoms with van der Waals surface area (Å²) in [5.41, 5.74) is 0.625. The van der Waals surface area contributed by atoms with Crippen molar-refractivity contribution >= 4 is 26.8 Å². The van der Waals surface area contributed by atoms with Crippen LogP contribution < -0.4 is 14.8 Å². The Hall–Kier alpha value is -4.24. The van der Waals surface area contributed by atoms with Gasteiger partial charge in [0.1, 0.15) is 0 Å². The fourth-order valence-corrected chi connectivity index (χ4v) is 5.17. The number of aromatic nitrogens is 3. The second-order valence-electron chi connectivity index (χ2n) is 9.00. The lowest BCUT2D eigenvalue weighted by molar-refractivity contribution is -0.287. The van der Waals surface area contributed by atoms with Crippen LogP contribution in [0.2, 0.25) is 0 Å². The first-order chi connectivity index (χ1) is 19.4. The molecule has 2 aromatic carbocycles. The third-order valence-electron chi connectivity index (χ3n) is 6.42. The Morgan fingerprint density at radius 1 is 1.15 bits per heavy atom. The lowest BCUT2D eigenvalue weighted by Crippen LogP contribution is -2.31. The van der Waals surface area contributed by atoms with E-state index in [1.807, 2.05) is 0 Å². The van der Waals surface area contributed by atoms with Crippen molar-refractivity contribution in [2.75, 3.05) is 12.4 Å². The molecule has 3 heterocycles. The summed E-state index contributed by atoms with van der Waals surface area (Å²) in [7, 11) is -3.49. The van der Waals surface area contributed by atoms with Gasteiger partial charge >= 0.3 is 6.29 Å². The third kappa shape index (κ3) is 5.54. The van der Waals surface area contributed by atoms with Gasteiger partial charge in [-0.15, -0.1) is 8.78 Å². The van der Waals surface area contributed by atoms with Gasteiger partial charge in [-0.1, -0.05) is 19.1 Å². The van der Waals surface area contributed by atoms with E-state index >= 15 is 0 Å². The van der Waals surface area contributed by atoms with Crippen LogP contribution in [0.25, 0.3) is 11.0 Å². The molecule has 15 heteroatoms. The third-order valence-corrected chi connectivity index (χ3v) is 8.14. The van der Waals surface area contributed by atoms with Gasteiger partial charge in [0, 0.05) is 17.3 Å². The van der Waals surface area contributed by atoms with E-state index in [1.54, 1.807) is 0 Å². The van der Waals surface area contributed by atoms with E-state index in [9.17, 15) is 35.9 Å². The van der Waals surface area contributed by atoms with E-state index in [4.69, 9.17) is 0 Å². The second-order valence-corrected chi connectivity index (χ2v) is 11.3. The van der Waals surface area contributed by atoms with Gasteiger partial charge in [0.25, 0.3) is 12.3 Å². The monoisotopic (exact) mass is 594 g/mol. The zero-order valence-corrected chi connectivity index (χ0v) is 22.0. The molecule has 0 radical (unpaired) electrons. The van der Waals surface area contributed by atoms with Crippen molar-refractivity contribution in [3.63, 3.8) is 0 Å². The molecule has 5 rings (SSSR count). The highest BCUT2D eigenvalue weighted by atomic mass is 32.2. The first-order valence-corrected chi connectivity index (χ1v) is 13.8. The Kier molecular flexibility index (Phi) is 7.33. The number of nitrogens with one attached hydrogen (secondary N) is 1. The van der Waals surface area contributed by atoms with Crippen LogP contribution in [0.15, 0.2) is 59.6 Å². The van der Waals surface area contributed by atoms with E-state index in [0.29, 0.717) is 0 Å². The van der Waals surface area contributed by atoms with Crippen LogP contribution in [0.1, 0.15) is 46.8 Å². The molecule has 2 N–H and O–H groups in total. The molecule has 1 aliphatic rings. The van der Waals surface area contributed by atoms with Crippen LogP contribution in [-0.2, 0) is 16.4 Å². The van der Waals surface area contributed by atoms with Crippen molar-refractivity contribution in [3.05, 3.63) is 77.4 Å². The molecule has 216 valence electrons. The number of nitrogens with zero attached hydrogens (tertiary/aromatic N) is 3. The minimum Gasteiger partial charge on any atom is -0.395 e. The second kappa shape index (κ2) is 10.6. The molecule has 1 aliphatic heterocycles. The number of benzene rings is 2. The standard InChI is InChI=1S/C26H22F4N4O6S/c1-2-41(37,38)16-7-8-17(31-11-16)19(13-35)33-25(36)14-6-9-20-18(10-14)32-24(23(27)28)34(20)12-15-4-3-5-21-22(15)40-26(29,30)39-21/h3-11,19,23,35H,2,12-13H2,1H3,(H,33,36)/t19-/m1/s1. The van der Waals surface area contributed by atoms with Crippen LogP contribution in [0, 0.1) is 0 Å². The summed E-state index contributed by atoms with van der Waals surface area (Å²) < 4.78 is 89.3. The molecule has 0 aliphatic carbocycles. The Morgan fingerprint density at radius 3 is 2.59 bits per heavy atom. The number of pyridine rings is 1. The van der Waals surface area contributed by atoms with Crippen LogP contribution >= 0.6 is 0 Å². The molecular formula is C26H22F4N4O6S. The number of amides is 1. The van der Waals surface area contributed by atoms with Gasteiger partial charge in [-0.25, -0.2) is 22.2 Å². The number of alkyl halides is 4. The molecule has 1 amide bonds. The number of hydrogen-bond donors (Lipinski definition) is 2. The number of carbonyl (C=O) groups is 1. The largest absolute Gasteiger partial charge is 0.586 e. The number of imidazole rings is 1. The summed E-state index contributed by atoms with van der Waals surface area (Å²) in [5.74, 6) is -1.96. The molecule has 0 spiro atoms. The van der Waals surface area contributed by atoms with Crippen LogP contribution in [0.5, 0.6) is 11.5 Å². The number of rotatable bonds is 9. The van der Waals surface area contributed by atoms with Gasteiger partial charge in [0.05, 0.1) is 46.6 Å². The van der Waals surface area contributed by atoms with Gasteiger partial charge in [-0.2, -0.15) is 0 Å². The summed E-state index contributed by atoms with van der Waals surface area (Å²) in [4.78, 5) is 21.0. The minimum absolute atomic E-state index is 0.00380. The quantitative estimate of drug-likeness (QED) is 0.278. The Morgan fingerprint density at radius 2 is 1.93 bits per heavy atom. The highest BCUT2D eigenvalue weighted by Gasteiger charge is 2.44. The van der Waals surface area contributed by atoms with Crippen molar-refractivity contribution < 1.29 is 45.4 Å². The Bertz CT molecular complexity index is 1730. The Balaban J connectivity index is 1.41. The molecule has 41 heavy (non-hydrogen) atoms. The van der Waals surface area contributed by atoms with Gasteiger partial charge in [-0.05, 0) is 36.4 Å². The van der Waals surface area contributed by atoms with Gasteiger partial charge in [0.15, 0.2) is 27.2 Å². The van der Waals surface area contributed by atoms with Crippen LogP contribution in [0.3, 0.4) is 0 Å². The molecule has 2 aromatic heterocycles. The average Bonchev–Trinajstić information content (AvgIpc) is 3.47. The van der Waals surface area contributed by atoms with E-state index < -0.39 is 46.9 Å². The molecule has 10 nitrogen and oxygen atoms in total. The highest BCUT2D eigenvalue weighted by molar-refractivity contribution is 7.91. The number of carbonyl (C=O) groups excluding carboxylic acids is 1. The molecule has 0 saturated heterocycles. The van der Waals surface area contributed by atoms with Crippen molar-refractivity contribution in [2.24, 2.45) is 0 Å². The fourth-order valence-electron chi connectivity index (χ4n) is 4.35. The minimum atomic E-state index is -3.89. The van der Waals surface area contributed by atoms with Crippen LogP contribution in [0.4, 0.5) is 17.6 Å². The number of ether oxygens (including phenoxy) is 2. The zero-order valence-electron chi connectivity index (χ0n) is 21.2. The van der Waals surface area contributed by atoms with Gasteiger partial charge in [0.2, 0.25) is 0 Å². The summed E-state index contributed by atoms with van der Waals surface area (Å²) in [5, 5.41) is 12.4. The first-order valence-electron chi connectivity index (χ1n) is 12.2. The van der Waals surface area contributed by atoms with E-state index in [-0.39, 0.29) is 56.5 Å². The smallest absolute Gasteiger partial charge is 0.395 e. The first kappa shape index (κ1) is 28.3. The van der Waals surface area contributed by atoms with Crippen LogP contribution in [-0.4, -0.2) is 52.6 Å². The molecule has 0 fully saturated rings. The molecule has 0 saturated carbocycles. The van der Waals surface area contributed by atoms with E-state index in [2.05, 4.69) is 24.8 Å². The molecule has 0 unspecified atom stereocenters. The maximum atomic E-state index is 13.9. The van der Waals surface area contributed by atoms with Crippen molar-refractivity contribution in [1.82, 2.24) is 19.9 Å². The van der Waals surface area contributed by atoms with E-state index in [0.717, 1.165) is 10.8 Å². The average molecular weight is 595 g/mol. The maximum absolute atomic E-state index is 13.9. The van der Waals surface area contributed by atoms with E-state index in [1.165, 1.54) is 55.5 Å². The maximum Gasteiger partial charge on any atom is 0.586 e. The van der Waals surface area contributed by atoms with Gasteiger partial charge in [-0.3, -0.25) is 9.78 Å². The number of sulfone groups is 1. The predicted octanol–water partition coefficient (Wildman–Crippen LogP) is 4.00. The summed E-state index contributed by atoms with van der Waals surface area (Å²) in [6, 6.07) is 9.82. The van der Waals surface area contributed by atoms with Gasteiger partial charge < -0.3 is 24.5 Å². The van der Waals surface area contributed by atoms with Crippen molar-refractivity contribution in [3.8, 4) is 11.5 Å². The number of fused-ring (bicyclic) bond motifs is 2. The highest BCUT2D eigenvalue weighted by Crippen LogP contribution is 2.44. The SMILES string of the molecule is CCS(=O)(=O)c1ccc([C@@H](CO)NC(=O)c2ccc3c(c2)nc(C(F)F)n3Cc2cccc3c2OC(F)(F)O3)nc1. The van der Waals surface area contributed by atoms with Crippen molar-refractivity contribution in [1.29, 1.82) is 0 Å². The number of hydrogen-bond acceptors (Lipinski definition) is 8. The lowest BCUT2D eigenvalue weighted by atomic mass is 10.1. The van der Waals surface area contributed by atoms with Crippen molar-refractivity contribution in [2.45, 2.75) is 37.1 Å². The number of aliphatic hydroxyl groups is 1. The molecule has 0 bridgehead atoms. The lowest BCUT2D eigenvalue weighted by Gasteiger charge is -2.16. The molecule has 4 aromatic rings. The number of halogens is 4. The summed E-state index contributed by atoms with van der Waals surface area (Å²) >= 11 is 0. The zero-order chi connectivity index (χ0) is 29.5. The number of aliphatic hydroxyl groups excluding tert-OH is 1. The fraction of sp³-hybridized carbons (Fsp3) is 0.269. The topological polar surface area (TPSA) is 133 Å². The molecular weight excluding hydrogens is 572 g/mol. The molecule has 1 atom stereocenters. The predicted molar refractivity (Wildman–Crippen MR) is 136 cm³/mol.